The standard InChI is InChI=1S/C41H49NO2/c1-5-27-41(7-3)39-16-10-9-15-37(39)38-26-25-36(31-40(38)41)42(34-21-17-32(18-22-34)13-11-29-43-8-4)35-23-19-33(20-24-35)14-12-30-44-28-6-2/h6,9-10,15-26,31H,2,5,7-8,11-14,27-30H2,1,3-4H3. The van der Waals surface area contributed by atoms with E-state index in [9.17, 15) is 0 Å². The van der Waals surface area contributed by atoms with Gasteiger partial charge in [0.1, 0.15) is 0 Å². The van der Waals surface area contributed by atoms with Gasteiger partial charge >= 0.3 is 0 Å². The Morgan fingerprint density at radius 1 is 0.682 bits per heavy atom. The van der Waals surface area contributed by atoms with Crippen molar-refractivity contribution < 1.29 is 9.47 Å². The molecule has 0 saturated heterocycles. The molecule has 0 amide bonds. The summed E-state index contributed by atoms with van der Waals surface area (Å²) < 4.78 is 11.2. The lowest BCUT2D eigenvalue weighted by Crippen LogP contribution is -2.24. The molecule has 1 atom stereocenters. The normalized spacial score (nSPS) is 15.2. The fourth-order valence-electron chi connectivity index (χ4n) is 6.97. The largest absolute Gasteiger partial charge is 0.382 e. The molecule has 0 bridgehead atoms. The van der Waals surface area contributed by atoms with Crippen LogP contribution < -0.4 is 4.90 Å². The van der Waals surface area contributed by atoms with Crippen LogP contribution in [0.15, 0.2) is 104 Å². The van der Waals surface area contributed by atoms with Gasteiger partial charge in [0.25, 0.3) is 0 Å². The molecule has 3 nitrogen and oxygen atoms in total. The van der Waals surface area contributed by atoms with E-state index in [-0.39, 0.29) is 5.41 Å². The van der Waals surface area contributed by atoms with Crippen molar-refractivity contribution in [3.63, 3.8) is 0 Å². The van der Waals surface area contributed by atoms with Crippen LogP contribution in [-0.4, -0.2) is 26.4 Å². The lowest BCUT2D eigenvalue weighted by Gasteiger charge is -2.32. The minimum Gasteiger partial charge on any atom is -0.382 e. The number of fused-ring (bicyclic) bond motifs is 3. The summed E-state index contributed by atoms with van der Waals surface area (Å²) in [5.41, 5.74) is 12.0. The number of hydrogen-bond donors (Lipinski definition) is 0. The molecule has 4 aromatic rings. The average Bonchev–Trinajstić information content (AvgIpc) is 3.34. The first-order valence-electron chi connectivity index (χ1n) is 16.6. The Balaban J connectivity index is 1.50. The Morgan fingerprint density at radius 3 is 1.86 bits per heavy atom. The fourth-order valence-corrected chi connectivity index (χ4v) is 6.97. The third-order valence-corrected chi connectivity index (χ3v) is 9.13. The van der Waals surface area contributed by atoms with Crippen LogP contribution >= 0.6 is 0 Å². The van der Waals surface area contributed by atoms with Gasteiger partial charge in [0.15, 0.2) is 0 Å². The van der Waals surface area contributed by atoms with Crippen molar-refractivity contribution in [1.29, 1.82) is 0 Å². The quantitative estimate of drug-likeness (QED) is 0.0906. The molecule has 4 aromatic carbocycles. The Morgan fingerprint density at radius 2 is 1.27 bits per heavy atom. The van der Waals surface area contributed by atoms with Gasteiger partial charge in [-0.2, -0.15) is 0 Å². The first-order valence-corrected chi connectivity index (χ1v) is 16.6. The molecule has 0 radical (unpaired) electrons. The second-order valence-electron chi connectivity index (χ2n) is 11.9. The summed E-state index contributed by atoms with van der Waals surface area (Å²) in [5, 5.41) is 0. The predicted octanol–water partition coefficient (Wildman–Crippen LogP) is 10.7. The third kappa shape index (κ3) is 6.85. The summed E-state index contributed by atoms with van der Waals surface area (Å²) in [6.07, 6.45) is 9.28. The number of hydrogen-bond acceptors (Lipinski definition) is 3. The minimum absolute atomic E-state index is 0.0459. The highest BCUT2D eigenvalue weighted by Gasteiger charge is 2.41. The van der Waals surface area contributed by atoms with Crippen molar-refractivity contribution in [1.82, 2.24) is 0 Å². The molecule has 0 spiro atoms. The van der Waals surface area contributed by atoms with Crippen molar-refractivity contribution in [2.24, 2.45) is 0 Å². The molecule has 0 saturated carbocycles. The summed E-state index contributed by atoms with van der Waals surface area (Å²) in [6, 6.07) is 34.4. The number of aryl methyl sites for hydroxylation is 2. The molecular formula is C41H49NO2. The van der Waals surface area contributed by atoms with E-state index in [1.807, 2.05) is 0 Å². The van der Waals surface area contributed by atoms with Crippen LogP contribution in [0.5, 0.6) is 0 Å². The summed E-state index contributed by atoms with van der Waals surface area (Å²) in [6.45, 7) is 13.4. The van der Waals surface area contributed by atoms with Gasteiger partial charge in [-0.1, -0.05) is 80.9 Å². The highest BCUT2D eigenvalue weighted by molar-refractivity contribution is 5.85. The minimum atomic E-state index is 0.0459. The van der Waals surface area contributed by atoms with E-state index >= 15 is 0 Å². The highest BCUT2D eigenvalue weighted by atomic mass is 16.5. The number of nitrogens with zero attached hydrogens (tertiary/aromatic N) is 1. The molecule has 0 heterocycles. The zero-order valence-corrected chi connectivity index (χ0v) is 27.0. The van der Waals surface area contributed by atoms with Crippen LogP contribution in [0, 0.1) is 0 Å². The molecule has 5 rings (SSSR count). The SMILES string of the molecule is C=CCOCCCc1ccc(N(c2ccc(CCCOCC)cc2)c2ccc3c(c2)C(CC)(CCC)c2ccccc2-3)cc1. The van der Waals surface area contributed by atoms with Gasteiger partial charge in [0, 0.05) is 42.3 Å². The van der Waals surface area contributed by atoms with Crippen LogP contribution in [0.2, 0.25) is 0 Å². The predicted molar refractivity (Wildman–Crippen MR) is 187 cm³/mol. The molecular weight excluding hydrogens is 538 g/mol. The molecule has 1 aliphatic rings. The van der Waals surface area contributed by atoms with Gasteiger partial charge in [-0.25, -0.2) is 0 Å². The Kier molecular flexibility index (Phi) is 11.1. The topological polar surface area (TPSA) is 21.7 Å². The Bertz CT molecular complexity index is 1490. The van der Waals surface area contributed by atoms with E-state index in [2.05, 4.69) is 123 Å². The molecule has 0 aliphatic heterocycles. The summed E-state index contributed by atoms with van der Waals surface area (Å²) >= 11 is 0. The van der Waals surface area contributed by atoms with Gasteiger partial charge in [-0.3, -0.25) is 0 Å². The van der Waals surface area contributed by atoms with Crippen molar-refractivity contribution in [2.45, 2.75) is 71.1 Å². The number of benzene rings is 4. The zero-order valence-electron chi connectivity index (χ0n) is 27.0. The average molecular weight is 588 g/mol. The maximum atomic E-state index is 5.60. The van der Waals surface area contributed by atoms with Crippen molar-refractivity contribution in [2.75, 3.05) is 31.3 Å². The van der Waals surface area contributed by atoms with Crippen molar-refractivity contribution in [3.8, 4) is 11.1 Å². The highest BCUT2D eigenvalue weighted by Crippen LogP contribution is 2.54. The van der Waals surface area contributed by atoms with E-state index in [0.717, 1.165) is 64.8 Å². The van der Waals surface area contributed by atoms with Gasteiger partial charge < -0.3 is 14.4 Å². The van der Waals surface area contributed by atoms with Crippen molar-refractivity contribution >= 4 is 17.1 Å². The molecule has 1 unspecified atom stereocenters. The fraction of sp³-hybridized carbons (Fsp3) is 0.366. The molecule has 44 heavy (non-hydrogen) atoms. The molecule has 3 heteroatoms. The first-order chi connectivity index (χ1) is 21.6. The zero-order chi connectivity index (χ0) is 30.8. The second-order valence-corrected chi connectivity index (χ2v) is 11.9. The third-order valence-electron chi connectivity index (χ3n) is 9.13. The van der Waals surface area contributed by atoms with E-state index in [1.54, 1.807) is 6.08 Å². The summed E-state index contributed by atoms with van der Waals surface area (Å²) in [7, 11) is 0. The molecule has 230 valence electrons. The number of anilines is 3. The van der Waals surface area contributed by atoms with E-state index in [4.69, 9.17) is 9.47 Å². The summed E-state index contributed by atoms with van der Waals surface area (Å²) in [5.74, 6) is 0. The maximum absolute atomic E-state index is 5.60. The first kappa shape index (κ1) is 31.8. The van der Waals surface area contributed by atoms with Crippen LogP contribution in [0.1, 0.15) is 75.1 Å². The van der Waals surface area contributed by atoms with Gasteiger partial charge in [-0.15, -0.1) is 6.58 Å². The van der Waals surface area contributed by atoms with E-state index < -0.39 is 0 Å². The van der Waals surface area contributed by atoms with Gasteiger partial charge in [0.05, 0.1) is 6.61 Å². The Hall–Kier alpha value is -3.66. The molecule has 0 aromatic heterocycles. The second kappa shape index (κ2) is 15.4. The smallest absolute Gasteiger partial charge is 0.0644 e. The maximum Gasteiger partial charge on any atom is 0.0644 e. The lowest BCUT2D eigenvalue weighted by atomic mass is 9.72. The lowest BCUT2D eigenvalue weighted by molar-refractivity contribution is 0.145. The van der Waals surface area contributed by atoms with Crippen LogP contribution in [0.4, 0.5) is 17.1 Å². The molecule has 1 aliphatic carbocycles. The molecule has 0 N–H and O–H groups in total. The summed E-state index contributed by atoms with van der Waals surface area (Å²) in [4.78, 5) is 2.43. The molecule has 0 fully saturated rings. The van der Waals surface area contributed by atoms with Crippen molar-refractivity contribution in [3.05, 3.63) is 126 Å². The number of rotatable bonds is 17. The number of ether oxygens (including phenoxy) is 2. The monoisotopic (exact) mass is 587 g/mol. The Labute approximate surface area is 265 Å². The van der Waals surface area contributed by atoms with E-state index in [0.29, 0.717) is 6.61 Å². The van der Waals surface area contributed by atoms with Crippen LogP contribution in [0.3, 0.4) is 0 Å². The van der Waals surface area contributed by atoms with Gasteiger partial charge in [-0.05, 0) is 115 Å². The van der Waals surface area contributed by atoms with Crippen LogP contribution in [0.25, 0.3) is 11.1 Å². The van der Waals surface area contributed by atoms with Crippen LogP contribution in [-0.2, 0) is 27.7 Å². The van der Waals surface area contributed by atoms with E-state index in [1.165, 1.54) is 50.4 Å². The van der Waals surface area contributed by atoms with Gasteiger partial charge in [0.2, 0.25) is 0 Å².